The molecule has 0 N–H and O–H groups in total. The highest BCUT2D eigenvalue weighted by Gasteiger charge is 2.63. The number of allylic oxidation sites excluding steroid dienone is 2. The van der Waals surface area contributed by atoms with Gasteiger partial charge in [0.15, 0.2) is 0 Å². The molecular formula is C36H40P2+2. The molecule has 0 aliphatic carbocycles. The van der Waals surface area contributed by atoms with Gasteiger partial charge < -0.3 is 0 Å². The molecule has 0 spiro atoms. The van der Waals surface area contributed by atoms with Gasteiger partial charge in [-0.1, -0.05) is 114 Å². The van der Waals surface area contributed by atoms with Crippen molar-refractivity contribution in [1.29, 1.82) is 0 Å². The first-order valence-corrected chi connectivity index (χ1v) is 17.3. The van der Waals surface area contributed by atoms with Crippen molar-refractivity contribution in [1.82, 2.24) is 0 Å². The van der Waals surface area contributed by atoms with Crippen molar-refractivity contribution in [2.45, 2.75) is 41.5 Å². The summed E-state index contributed by atoms with van der Waals surface area (Å²) in [5.41, 5.74) is -0.0393. The Morgan fingerprint density at radius 1 is 0.342 bits per heavy atom. The first-order valence-electron chi connectivity index (χ1n) is 13.6. The fourth-order valence-electron chi connectivity index (χ4n) is 5.94. The molecule has 0 radical (unpaired) electrons. The van der Waals surface area contributed by atoms with E-state index in [1.54, 1.807) is 10.6 Å². The van der Waals surface area contributed by atoms with Gasteiger partial charge in [0.25, 0.3) is 0 Å². The van der Waals surface area contributed by atoms with E-state index in [1.807, 2.05) is 0 Å². The van der Waals surface area contributed by atoms with Gasteiger partial charge in [0.05, 0.1) is 0 Å². The molecule has 1 aliphatic rings. The molecule has 4 aromatic rings. The van der Waals surface area contributed by atoms with Gasteiger partial charge in [0.2, 0.25) is 0 Å². The van der Waals surface area contributed by atoms with Crippen molar-refractivity contribution in [3.8, 4) is 0 Å². The van der Waals surface area contributed by atoms with Crippen LogP contribution in [0.15, 0.2) is 144 Å². The highest BCUT2D eigenvalue weighted by atomic mass is 31.2. The minimum atomic E-state index is -2.07. The van der Waals surface area contributed by atoms with Crippen LogP contribution >= 0.6 is 14.5 Å². The molecule has 0 atom stereocenters. The zero-order valence-corrected chi connectivity index (χ0v) is 25.4. The summed E-state index contributed by atoms with van der Waals surface area (Å²) in [5, 5.41) is 8.91. The summed E-state index contributed by atoms with van der Waals surface area (Å²) in [6, 6.07) is 45.3. The second-order valence-electron chi connectivity index (χ2n) is 12.3. The van der Waals surface area contributed by atoms with Crippen molar-refractivity contribution >= 4 is 35.7 Å². The number of rotatable bonds is 4. The maximum atomic E-state index is 2.80. The normalized spacial score (nSPS) is 16.9. The number of benzene rings is 4. The number of hydrogen-bond donors (Lipinski definition) is 0. The lowest BCUT2D eigenvalue weighted by atomic mass is 9.96. The Labute approximate surface area is 231 Å². The van der Waals surface area contributed by atoms with Crippen molar-refractivity contribution < 1.29 is 0 Å². The van der Waals surface area contributed by atoms with Crippen molar-refractivity contribution in [2.75, 3.05) is 0 Å². The minimum Gasteiger partial charge on any atom is -0.0620 e. The Morgan fingerprint density at radius 2 is 0.553 bits per heavy atom. The van der Waals surface area contributed by atoms with Crippen LogP contribution in [0.1, 0.15) is 41.5 Å². The van der Waals surface area contributed by atoms with Crippen LogP contribution in [0.2, 0.25) is 0 Å². The standard InChI is InChI=1S/C36H40P2/c1-35(2,3)33-27-38(31-23-15-9-16-24-31,32-25-17-10-18-26-32)34(36(4,5)6)28-37(33,29-19-11-7-12-20-29)30-21-13-8-14-22-30/h7-28H,1-6H3/q+2. The molecular weight excluding hydrogens is 494 g/mol. The van der Waals surface area contributed by atoms with E-state index in [9.17, 15) is 0 Å². The Hall–Kier alpha value is -2.78. The maximum absolute atomic E-state index is 2.80. The van der Waals surface area contributed by atoms with Crippen LogP contribution in [0, 0.1) is 10.8 Å². The largest absolute Gasteiger partial charge is 0.140 e. The zero-order chi connectivity index (χ0) is 27.0. The van der Waals surface area contributed by atoms with E-state index < -0.39 is 14.5 Å². The van der Waals surface area contributed by atoms with Gasteiger partial charge in [-0.25, -0.2) is 0 Å². The molecule has 0 unspecified atom stereocenters. The molecule has 5 rings (SSSR count). The first-order chi connectivity index (χ1) is 18.1. The van der Waals surface area contributed by atoms with Gasteiger partial charge in [-0.05, 0) is 48.5 Å². The fourth-order valence-corrected chi connectivity index (χ4v) is 17.2. The predicted molar refractivity (Wildman–Crippen MR) is 173 cm³/mol. The number of hydrogen-bond acceptors (Lipinski definition) is 0. The van der Waals surface area contributed by atoms with Crippen LogP contribution in [0.4, 0.5) is 0 Å². The van der Waals surface area contributed by atoms with E-state index in [4.69, 9.17) is 0 Å². The predicted octanol–water partition coefficient (Wildman–Crippen LogP) is 9.11. The molecule has 0 aromatic heterocycles. The first kappa shape index (κ1) is 26.8. The van der Waals surface area contributed by atoms with Crippen LogP contribution in [-0.2, 0) is 0 Å². The Morgan fingerprint density at radius 3 is 0.737 bits per heavy atom. The average Bonchev–Trinajstić information content (AvgIpc) is 2.93. The summed E-state index contributed by atoms with van der Waals surface area (Å²) in [6.45, 7) is 14.5. The summed E-state index contributed by atoms with van der Waals surface area (Å²) in [7, 11) is -4.15. The Balaban J connectivity index is 2.01. The molecule has 0 saturated heterocycles. The third-order valence-electron chi connectivity index (χ3n) is 7.58. The van der Waals surface area contributed by atoms with E-state index in [2.05, 4.69) is 175 Å². The minimum absolute atomic E-state index is 0.0197. The summed E-state index contributed by atoms with van der Waals surface area (Å²) >= 11 is 0. The lowest BCUT2D eigenvalue weighted by Crippen LogP contribution is -2.35. The van der Waals surface area contributed by atoms with E-state index >= 15 is 0 Å². The molecule has 0 nitrogen and oxygen atoms in total. The van der Waals surface area contributed by atoms with Crippen LogP contribution in [0.5, 0.6) is 0 Å². The lowest BCUT2D eigenvalue weighted by Gasteiger charge is -2.42. The van der Waals surface area contributed by atoms with E-state index in [1.165, 1.54) is 21.2 Å². The zero-order valence-electron chi connectivity index (χ0n) is 23.6. The lowest BCUT2D eigenvalue weighted by molar-refractivity contribution is 0.525. The molecule has 1 aliphatic heterocycles. The molecule has 0 saturated carbocycles. The van der Waals surface area contributed by atoms with Gasteiger partial charge >= 0.3 is 0 Å². The van der Waals surface area contributed by atoms with Crippen LogP contribution in [-0.4, -0.2) is 0 Å². The van der Waals surface area contributed by atoms with Gasteiger partial charge in [-0.15, -0.1) is 0 Å². The molecule has 2 heteroatoms. The fraction of sp³-hybridized carbons (Fsp3) is 0.222. The maximum Gasteiger partial charge on any atom is 0.140 e. The van der Waals surface area contributed by atoms with Gasteiger partial charge in [-0.2, -0.15) is 0 Å². The molecule has 4 aromatic carbocycles. The third-order valence-corrected chi connectivity index (χ3v) is 16.9. The Bertz CT molecular complexity index is 1240. The SMILES string of the molecule is CC(C)(C)C1=C[P+](c2ccccc2)(c2ccccc2)C(C(C)(C)C)=C[P+]1(c1ccccc1)c1ccccc1. The van der Waals surface area contributed by atoms with Gasteiger partial charge in [-0.3, -0.25) is 0 Å². The summed E-state index contributed by atoms with van der Waals surface area (Å²) < 4.78 is 0. The van der Waals surface area contributed by atoms with Crippen LogP contribution in [0.25, 0.3) is 0 Å². The topological polar surface area (TPSA) is 0 Å². The molecule has 0 amide bonds. The second kappa shape index (κ2) is 10.1. The van der Waals surface area contributed by atoms with Crippen molar-refractivity contribution in [3.63, 3.8) is 0 Å². The molecule has 0 fully saturated rings. The Kier molecular flexibility index (Phi) is 7.11. The highest BCUT2D eigenvalue weighted by molar-refractivity contribution is 8.01. The average molecular weight is 535 g/mol. The highest BCUT2D eigenvalue weighted by Crippen LogP contribution is 2.83. The van der Waals surface area contributed by atoms with Crippen LogP contribution in [0.3, 0.4) is 0 Å². The van der Waals surface area contributed by atoms with E-state index in [0.29, 0.717) is 0 Å². The monoisotopic (exact) mass is 534 g/mol. The van der Waals surface area contributed by atoms with Gasteiger partial charge in [0, 0.05) is 10.8 Å². The molecule has 0 bridgehead atoms. The molecule has 38 heavy (non-hydrogen) atoms. The van der Waals surface area contributed by atoms with E-state index in [-0.39, 0.29) is 10.8 Å². The van der Waals surface area contributed by atoms with Gasteiger partial charge in [0.1, 0.15) is 58.0 Å². The summed E-state index contributed by atoms with van der Waals surface area (Å²) in [5.74, 6) is 5.60. The van der Waals surface area contributed by atoms with Crippen molar-refractivity contribution in [3.05, 3.63) is 144 Å². The summed E-state index contributed by atoms with van der Waals surface area (Å²) in [6.07, 6.45) is 0. The molecule has 192 valence electrons. The third kappa shape index (κ3) is 4.53. The van der Waals surface area contributed by atoms with Crippen molar-refractivity contribution in [2.24, 2.45) is 10.8 Å². The smallest absolute Gasteiger partial charge is 0.0620 e. The summed E-state index contributed by atoms with van der Waals surface area (Å²) in [4.78, 5) is 0. The van der Waals surface area contributed by atoms with Crippen LogP contribution < -0.4 is 21.2 Å². The molecule has 1 heterocycles. The van der Waals surface area contributed by atoms with E-state index in [0.717, 1.165) is 0 Å². The second-order valence-corrected chi connectivity index (χ2v) is 18.8. The quantitative estimate of drug-likeness (QED) is 0.229.